The number of aromatic amines is 1. The highest BCUT2D eigenvalue weighted by molar-refractivity contribution is 8.00. The lowest BCUT2D eigenvalue weighted by molar-refractivity contribution is -0.136. The predicted molar refractivity (Wildman–Crippen MR) is 59.0 cm³/mol. The molecule has 0 aromatic carbocycles. The molecule has 1 atom stereocenters. The Labute approximate surface area is 96.0 Å². The number of hydrogen-bond donors (Lipinski definition) is 2. The van der Waals surface area contributed by atoms with E-state index in [1.165, 1.54) is 13.4 Å². The van der Waals surface area contributed by atoms with E-state index in [-0.39, 0.29) is 5.75 Å². The molecule has 0 aliphatic heterocycles. The molecule has 0 spiro atoms. The van der Waals surface area contributed by atoms with Crippen molar-refractivity contribution >= 4 is 17.7 Å². The summed E-state index contributed by atoms with van der Waals surface area (Å²) in [6, 6.07) is 0. The molecule has 0 fully saturated rings. The minimum atomic E-state index is -0.934. The lowest BCUT2D eigenvalue weighted by atomic mass is 10.3. The highest BCUT2D eigenvalue weighted by Crippen LogP contribution is 2.28. The summed E-state index contributed by atoms with van der Waals surface area (Å²) in [5.41, 5.74) is -0.416. The smallest absolute Gasteiger partial charge is 0.317 e. The summed E-state index contributed by atoms with van der Waals surface area (Å²) < 4.78 is 4.88. The summed E-state index contributed by atoms with van der Waals surface area (Å²) >= 11 is 1.01. The maximum atomic E-state index is 11.3. The molecule has 1 aromatic heterocycles. The van der Waals surface area contributed by atoms with Gasteiger partial charge in [-0.1, -0.05) is 18.7 Å². The number of nitrogens with one attached hydrogen (secondary N) is 1. The van der Waals surface area contributed by atoms with Gasteiger partial charge in [0.2, 0.25) is 5.75 Å². The van der Waals surface area contributed by atoms with Crippen molar-refractivity contribution in [1.29, 1.82) is 0 Å². The molecule has 6 nitrogen and oxygen atoms in total. The lowest BCUT2D eigenvalue weighted by Crippen LogP contribution is -2.17. The van der Waals surface area contributed by atoms with E-state index >= 15 is 0 Å². The Bertz CT molecular complexity index is 432. The first-order chi connectivity index (χ1) is 7.60. The molecule has 1 aromatic rings. The monoisotopic (exact) mass is 244 g/mol. The van der Waals surface area contributed by atoms with Crippen molar-refractivity contribution < 1.29 is 14.6 Å². The summed E-state index contributed by atoms with van der Waals surface area (Å²) in [7, 11) is 1.35. The maximum absolute atomic E-state index is 11.3. The van der Waals surface area contributed by atoms with Crippen molar-refractivity contribution in [3.05, 3.63) is 16.7 Å². The number of ether oxygens (including phenoxy) is 1. The van der Waals surface area contributed by atoms with Crippen LogP contribution in [0.4, 0.5) is 0 Å². The zero-order valence-corrected chi connectivity index (χ0v) is 9.71. The van der Waals surface area contributed by atoms with Gasteiger partial charge in [0.25, 0.3) is 5.56 Å². The summed E-state index contributed by atoms with van der Waals surface area (Å²) in [5, 5.41) is 8.55. The fourth-order valence-electron chi connectivity index (χ4n) is 1.08. The van der Waals surface area contributed by atoms with Gasteiger partial charge >= 0.3 is 5.97 Å². The fourth-order valence-corrected chi connectivity index (χ4v) is 2.01. The third kappa shape index (κ3) is 2.75. The normalized spacial score (nSPS) is 12.1. The molecule has 0 saturated carbocycles. The van der Waals surface area contributed by atoms with Gasteiger partial charge in [0.1, 0.15) is 10.3 Å². The highest BCUT2D eigenvalue weighted by Gasteiger charge is 2.20. The van der Waals surface area contributed by atoms with Crippen molar-refractivity contribution in [2.75, 3.05) is 7.11 Å². The van der Waals surface area contributed by atoms with Crippen molar-refractivity contribution in [3.63, 3.8) is 0 Å². The zero-order valence-electron chi connectivity index (χ0n) is 8.89. The molecule has 0 saturated heterocycles. The molecular formula is C9H12N2O4S. The molecule has 2 N–H and O–H groups in total. The number of hydrogen-bond acceptors (Lipinski definition) is 5. The Morgan fingerprint density at radius 1 is 1.75 bits per heavy atom. The molecule has 0 radical (unpaired) electrons. The highest BCUT2D eigenvalue weighted by atomic mass is 32.2. The Balaban J connectivity index is 3.00. The number of aliphatic carboxylic acids is 1. The Morgan fingerprint density at radius 3 is 2.94 bits per heavy atom. The summed E-state index contributed by atoms with van der Waals surface area (Å²) in [6.07, 6.45) is 1.67. The van der Waals surface area contributed by atoms with Crippen molar-refractivity contribution in [2.24, 2.45) is 0 Å². The topological polar surface area (TPSA) is 92.3 Å². The quantitative estimate of drug-likeness (QED) is 0.586. The van der Waals surface area contributed by atoms with E-state index in [0.29, 0.717) is 11.4 Å². The average molecular weight is 244 g/mol. The largest absolute Gasteiger partial charge is 0.489 e. The third-order valence-electron chi connectivity index (χ3n) is 1.88. The molecule has 0 amide bonds. The van der Waals surface area contributed by atoms with E-state index in [2.05, 4.69) is 9.97 Å². The second-order valence-corrected chi connectivity index (χ2v) is 4.11. The van der Waals surface area contributed by atoms with Crippen LogP contribution in [0.25, 0.3) is 0 Å². The third-order valence-corrected chi connectivity index (χ3v) is 3.22. The van der Waals surface area contributed by atoms with Crippen LogP contribution in [0.2, 0.25) is 0 Å². The number of methoxy groups -OCH3 is 1. The van der Waals surface area contributed by atoms with Crippen LogP contribution in [0, 0.1) is 0 Å². The minimum absolute atomic E-state index is 0.0483. The van der Waals surface area contributed by atoms with E-state index in [9.17, 15) is 9.59 Å². The van der Waals surface area contributed by atoms with Gasteiger partial charge in [-0.2, -0.15) is 0 Å². The van der Waals surface area contributed by atoms with E-state index < -0.39 is 16.8 Å². The Kier molecular flexibility index (Phi) is 4.36. The first-order valence-electron chi connectivity index (χ1n) is 4.61. The van der Waals surface area contributed by atoms with E-state index in [0.717, 1.165) is 11.8 Å². The van der Waals surface area contributed by atoms with Crippen LogP contribution in [0.15, 0.2) is 16.1 Å². The molecule has 1 rings (SSSR count). The van der Waals surface area contributed by atoms with Gasteiger partial charge in [-0.05, 0) is 6.42 Å². The number of carbonyl (C=O) groups is 1. The maximum Gasteiger partial charge on any atom is 0.317 e. The second kappa shape index (κ2) is 5.55. The molecule has 0 aliphatic carbocycles. The van der Waals surface area contributed by atoms with Gasteiger partial charge in [0, 0.05) is 0 Å². The molecule has 16 heavy (non-hydrogen) atoms. The van der Waals surface area contributed by atoms with Crippen LogP contribution in [0.3, 0.4) is 0 Å². The number of thioether (sulfide) groups is 1. The van der Waals surface area contributed by atoms with Gasteiger partial charge in [-0.15, -0.1) is 0 Å². The number of nitrogens with zero attached hydrogens (tertiary/aromatic N) is 1. The van der Waals surface area contributed by atoms with E-state index in [1.807, 2.05) is 0 Å². The summed E-state index contributed by atoms with van der Waals surface area (Å²) in [6.45, 7) is 1.76. The number of carboxylic acids is 1. The van der Waals surface area contributed by atoms with E-state index in [1.54, 1.807) is 6.92 Å². The van der Waals surface area contributed by atoms with Crippen LogP contribution >= 0.6 is 11.8 Å². The van der Waals surface area contributed by atoms with Crippen LogP contribution in [0.1, 0.15) is 13.3 Å². The van der Waals surface area contributed by atoms with E-state index in [4.69, 9.17) is 9.84 Å². The number of carboxylic acid groups (broad SMARTS) is 1. The standard InChI is InChI=1S/C9H12N2O4S/c1-3-5(9(13)14)16-8-6(15-2)7(12)10-4-11-8/h4-5H,3H2,1-2H3,(H,13,14)(H,10,11,12). The summed E-state index contributed by atoms with van der Waals surface area (Å²) in [5.74, 6) is -0.885. The summed E-state index contributed by atoms with van der Waals surface area (Å²) in [4.78, 5) is 28.4. The van der Waals surface area contributed by atoms with Gasteiger partial charge in [-0.3, -0.25) is 9.59 Å². The van der Waals surface area contributed by atoms with Gasteiger partial charge in [0.15, 0.2) is 0 Å². The number of rotatable bonds is 5. The minimum Gasteiger partial charge on any atom is -0.489 e. The van der Waals surface area contributed by atoms with Gasteiger partial charge < -0.3 is 14.8 Å². The number of aromatic nitrogens is 2. The van der Waals surface area contributed by atoms with Crippen LogP contribution < -0.4 is 10.3 Å². The molecule has 7 heteroatoms. The molecule has 0 bridgehead atoms. The Morgan fingerprint density at radius 2 is 2.44 bits per heavy atom. The van der Waals surface area contributed by atoms with Crippen molar-refractivity contribution in [1.82, 2.24) is 9.97 Å². The van der Waals surface area contributed by atoms with Crippen LogP contribution in [-0.2, 0) is 4.79 Å². The number of H-pyrrole nitrogens is 1. The SMILES string of the molecule is CCC(Sc1nc[nH]c(=O)c1OC)C(=O)O. The molecule has 1 unspecified atom stereocenters. The van der Waals surface area contributed by atoms with Gasteiger partial charge in [0.05, 0.1) is 13.4 Å². The lowest BCUT2D eigenvalue weighted by Gasteiger charge is -2.10. The fraction of sp³-hybridized carbons (Fsp3) is 0.444. The predicted octanol–water partition coefficient (Wildman–Crippen LogP) is 0.734. The first kappa shape index (κ1) is 12.6. The molecule has 0 aliphatic rings. The van der Waals surface area contributed by atoms with Crippen molar-refractivity contribution in [2.45, 2.75) is 23.6 Å². The zero-order chi connectivity index (χ0) is 12.1. The van der Waals surface area contributed by atoms with Gasteiger partial charge in [-0.25, -0.2) is 4.98 Å². The average Bonchev–Trinajstić information content (AvgIpc) is 2.25. The molecule has 1 heterocycles. The molecule has 88 valence electrons. The molecular weight excluding hydrogens is 232 g/mol. The second-order valence-electron chi connectivity index (χ2n) is 2.92. The van der Waals surface area contributed by atoms with Crippen molar-refractivity contribution in [3.8, 4) is 5.75 Å². The Hall–Kier alpha value is -1.50. The van der Waals surface area contributed by atoms with Crippen LogP contribution in [0.5, 0.6) is 5.75 Å². The first-order valence-corrected chi connectivity index (χ1v) is 5.49. The van der Waals surface area contributed by atoms with Crippen LogP contribution in [-0.4, -0.2) is 33.4 Å².